The summed E-state index contributed by atoms with van der Waals surface area (Å²) in [6.45, 7) is 8.89. The standard InChI is InChI=1S/C12H25NO/c1-4-9-13-10-5-6-11-7-8-12(2,3)14-11/h11,13H,4-10H2,1-3H3. The van der Waals surface area contributed by atoms with Crippen molar-refractivity contribution in [2.75, 3.05) is 13.1 Å². The minimum atomic E-state index is 0.140. The highest BCUT2D eigenvalue weighted by Gasteiger charge is 2.30. The van der Waals surface area contributed by atoms with Crippen molar-refractivity contribution in [2.24, 2.45) is 0 Å². The minimum absolute atomic E-state index is 0.140. The van der Waals surface area contributed by atoms with Crippen LogP contribution < -0.4 is 5.32 Å². The molecule has 2 nitrogen and oxygen atoms in total. The molecule has 1 fully saturated rings. The summed E-state index contributed by atoms with van der Waals surface area (Å²) in [5.41, 5.74) is 0.140. The van der Waals surface area contributed by atoms with Crippen LogP contribution in [0.25, 0.3) is 0 Å². The molecule has 1 atom stereocenters. The van der Waals surface area contributed by atoms with E-state index in [1.54, 1.807) is 0 Å². The van der Waals surface area contributed by atoms with Crippen LogP contribution in [0.5, 0.6) is 0 Å². The molecule has 0 aromatic carbocycles. The Hall–Kier alpha value is -0.0800. The molecule has 0 amide bonds. The molecule has 0 aromatic rings. The Morgan fingerprint density at radius 2 is 2.14 bits per heavy atom. The van der Waals surface area contributed by atoms with Crippen molar-refractivity contribution in [1.29, 1.82) is 0 Å². The summed E-state index contributed by atoms with van der Waals surface area (Å²) in [5.74, 6) is 0. The van der Waals surface area contributed by atoms with Crippen molar-refractivity contribution in [3.05, 3.63) is 0 Å². The number of ether oxygens (including phenoxy) is 1. The van der Waals surface area contributed by atoms with Crippen LogP contribution in [0.1, 0.15) is 52.9 Å². The molecule has 0 spiro atoms. The second kappa shape index (κ2) is 5.72. The third-order valence-electron chi connectivity index (χ3n) is 2.86. The minimum Gasteiger partial charge on any atom is -0.372 e. The van der Waals surface area contributed by atoms with Crippen LogP contribution in [-0.2, 0) is 4.74 Å². The van der Waals surface area contributed by atoms with Gasteiger partial charge in [0.1, 0.15) is 0 Å². The zero-order valence-corrected chi connectivity index (χ0v) is 9.94. The van der Waals surface area contributed by atoms with E-state index >= 15 is 0 Å². The van der Waals surface area contributed by atoms with Gasteiger partial charge in [0.25, 0.3) is 0 Å². The zero-order valence-electron chi connectivity index (χ0n) is 9.94. The smallest absolute Gasteiger partial charge is 0.0631 e. The Morgan fingerprint density at radius 3 is 2.71 bits per heavy atom. The van der Waals surface area contributed by atoms with Crippen molar-refractivity contribution in [2.45, 2.75) is 64.6 Å². The lowest BCUT2D eigenvalue weighted by atomic mass is 10.0. The summed E-state index contributed by atoms with van der Waals surface area (Å²) in [5, 5.41) is 3.42. The van der Waals surface area contributed by atoms with Gasteiger partial charge in [-0.05, 0) is 59.0 Å². The van der Waals surface area contributed by atoms with Crippen LogP contribution in [0.15, 0.2) is 0 Å². The van der Waals surface area contributed by atoms with E-state index in [-0.39, 0.29) is 5.60 Å². The second-order valence-electron chi connectivity index (χ2n) is 4.93. The van der Waals surface area contributed by atoms with Crippen LogP contribution in [-0.4, -0.2) is 24.8 Å². The first-order valence-electron chi connectivity index (χ1n) is 6.02. The molecule has 1 heterocycles. The van der Waals surface area contributed by atoms with E-state index in [0.717, 1.165) is 13.1 Å². The summed E-state index contributed by atoms with van der Waals surface area (Å²) in [7, 11) is 0. The maximum Gasteiger partial charge on any atom is 0.0631 e. The van der Waals surface area contributed by atoms with Gasteiger partial charge in [-0.25, -0.2) is 0 Å². The fourth-order valence-corrected chi connectivity index (χ4v) is 2.04. The number of rotatable bonds is 6. The second-order valence-corrected chi connectivity index (χ2v) is 4.93. The van der Waals surface area contributed by atoms with Gasteiger partial charge in [0.15, 0.2) is 0 Å². The van der Waals surface area contributed by atoms with Crippen LogP contribution in [0.2, 0.25) is 0 Å². The lowest BCUT2D eigenvalue weighted by molar-refractivity contribution is -0.0188. The Labute approximate surface area is 88.4 Å². The Morgan fingerprint density at radius 1 is 1.36 bits per heavy atom. The van der Waals surface area contributed by atoms with Gasteiger partial charge in [-0.1, -0.05) is 6.92 Å². The molecule has 14 heavy (non-hydrogen) atoms. The van der Waals surface area contributed by atoms with Gasteiger partial charge < -0.3 is 10.1 Å². The lowest BCUT2D eigenvalue weighted by Crippen LogP contribution is -2.21. The molecule has 2 heteroatoms. The summed E-state index contributed by atoms with van der Waals surface area (Å²) in [6, 6.07) is 0. The fourth-order valence-electron chi connectivity index (χ4n) is 2.04. The average molecular weight is 199 g/mol. The van der Waals surface area contributed by atoms with Gasteiger partial charge >= 0.3 is 0 Å². The van der Waals surface area contributed by atoms with Crippen molar-refractivity contribution in [3.63, 3.8) is 0 Å². The number of hydrogen-bond donors (Lipinski definition) is 1. The Kier molecular flexibility index (Phi) is 4.90. The van der Waals surface area contributed by atoms with Gasteiger partial charge in [0, 0.05) is 0 Å². The van der Waals surface area contributed by atoms with E-state index in [1.807, 2.05) is 0 Å². The van der Waals surface area contributed by atoms with Crippen LogP contribution in [0.3, 0.4) is 0 Å². The van der Waals surface area contributed by atoms with Crippen molar-refractivity contribution in [1.82, 2.24) is 5.32 Å². The Balaban J connectivity index is 1.98. The van der Waals surface area contributed by atoms with Crippen molar-refractivity contribution >= 4 is 0 Å². The molecule has 1 saturated heterocycles. The SMILES string of the molecule is CCCNCCCC1CCC(C)(C)O1. The third-order valence-corrected chi connectivity index (χ3v) is 2.86. The molecule has 0 saturated carbocycles. The molecule has 1 N–H and O–H groups in total. The van der Waals surface area contributed by atoms with Crippen LogP contribution >= 0.6 is 0 Å². The third kappa shape index (κ3) is 4.43. The highest BCUT2D eigenvalue weighted by atomic mass is 16.5. The molecule has 1 aliphatic heterocycles. The molecular formula is C12H25NO. The number of hydrogen-bond acceptors (Lipinski definition) is 2. The molecule has 0 bridgehead atoms. The predicted molar refractivity (Wildman–Crippen MR) is 60.6 cm³/mol. The first-order chi connectivity index (χ1) is 6.64. The van der Waals surface area contributed by atoms with Gasteiger partial charge in [-0.2, -0.15) is 0 Å². The summed E-state index contributed by atoms with van der Waals surface area (Å²) in [6.07, 6.45) is 6.70. The molecular weight excluding hydrogens is 174 g/mol. The van der Waals surface area contributed by atoms with Gasteiger partial charge in [-0.3, -0.25) is 0 Å². The van der Waals surface area contributed by atoms with Crippen LogP contribution in [0, 0.1) is 0 Å². The fraction of sp³-hybridized carbons (Fsp3) is 1.00. The maximum absolute atomic E-state index is 5.93. The van der Waals surface area contributed by atoms with Crippen molar-refractivity contribution in [3.8, 4) is 0 Å². The highest BCUT2D eigenvalue weighted by Crippen LogP contribution is 2.31. The molecule has 0 aliphatic carbocycles. The molecule has 0 aromatic heterocycles. The largest absolute Gasteiger partial charge is 0.372 e. The van der Waals surface area contributed by atoms with E-state index in [0.29, 0.717) is 6.10 Å². The van der Waals surface area contributed by atoms with E-state index in [2.05, 4.69) is 26.1 Å². The first kappa shape index (κ1) is 12.0. The average Bonchev–Trinajstić information content (AvgIpc) is 2.45. The highest BCUT2D eigenvalue weighted by molar-refractivity contribution is 4.80. The predicted octanol–water partition coefficient (Wildman–Crippen LogP) is 2.72. The summed E-state index contributed by atoms with van der Waals surface area (Å²) in [4.78, 5) is 0. The van der Waals surface area contributed by atoms with Crippen LogP contribution in [0.4, 0.5) is 0 Å². The zero-order chi connectivity index (χ0) is 10.4. The number of nitrogens with one attached hydrogen (secondary N) is 1. The summed E-state index contributed by atoms with van der Waals surface area (Å²) < 4.78 is 5.93. The molecule has 0 radical (unpaired) electrons. The molecule has 1 aliphatic rings. The van der Waals surface area contributed by atoms with E-state index in [1.165, 1.54) is 32.1 Å². The molecule has 1 unspecified atom stereocenters. The van der Waals surface area contributed by atoms with E-state index in [9.17, 15) is 0 Å². The van der Waals surface area contributed by atoms with E-state index < -0.39 is 0 Å². The monoisotopic (exact) mass is 199 g/mol. The van der Waals surface area contributed by atoms with Gasteiger partial charge in [0.2, 0.25) is 0 Å². The lowest BCUT2D eigenvalue weighted by Gasteiger charge is -2.19. The first-order valence-corrected chi connectivity index (χ1v) is 6.02. The van der Waals surface area contributed by atoms with Gasteiger partial charge in [-0.15, -0.1) is 0 Å². The summed E-state index contributed by atoms with van der Waals surface area (Å²) >= 11 is 0. The van der Waals surface area contributed by atoms with Crippen molar-refractivity contribution < 1.29 is 4.74 Å². The maximum atomic E-state index is 5.93. The topological polar surface area (TPSA) is 21.3 Å². The Bertz CT molecular complexity index is 156. The molecule has 84 valence electrons. The van der Waals surface area contributed by atoms with Gasteiger partial charge in [0.05, 0.1) is 11.7 Å². The van der Waals surface area contributed by atoms with E-state index in [4.69, 9.17) is 4.74 Å². The quantitative estimate of drug-likeness (QED) is 0.664. The molecule has 1 rings (SSSR count). The normalized spacial score (nSPS) is 25.5.